The summed E-state index contributed by atoms with van der Waals surface area (Å²) < 4.78 is 0. The number of rotatable bonds is 0. The maximum atomic E-state index is 1.44. The van der Waals surface area contributed by atoms with Gasteiger partial charge in [-0.15, -0.1) is 0 Å². The SMILES string of the molecule is [MgH2].[SiH3][Nd].[Ti]. The molecule has 0 N–H and O–H groups in total. The third-order valence-electron chi connectivity index (χ3n) is 0. The van der Waals surface area contributed by atoms with E-state index in [4.69, 9.17) is 0 Å². The molecule has 0 bridgehead atoms. The molecule has 0 aromatic heterocycles. The fourth-order valence-electron chi connectivity index (χ4n) is 0. The molecule has 0 nitrogen and oxygen atoms in total. The van der Waals surface area contributed by atoms with Crippen LogP contribution in [0.4, 0.5) is 0 Å². The minimum absolute atomic E-state index is 0. The summed E-state index contributed by atoms with van der Waals surface area (Å²) in [5.74, 6) is 0. The van der Waals surface area contributed by atoms with Crippen LogP contribution in [0, 0.1) is 37.7 Å². The molecule has 0 saturated carbocycles. The van der Waals surface area contributed by atoms with Gasteiger partial charge in [0.05, 0.1) is 0 Å². The van der Waals surface area contributed by atoms with Crippen molar-refractivity contribution in [1.29, 1.82) is 0 Å². The summed E-state index contributed by atoms with van der Waals surface area (Å²) in [6, 6.07) is 0. The molecule has 0 amide bonds. The Hall–Kier alpha value is 3.05. The van der Waals surface area contributed by atoms with Crippen molar-refractivity contribution in [3.63, 3.8) is 0 Å². The Bertz CT molecular complexity index is 8.00. The Kier molecular flexibility index (Phi) is 65.2. The molecule has 0 fully saturated rings. The van der Waals surface area contributed by atoms with Crippen LogP contribution in [0.5, 0.6) is 0 Å². The summed E-state index contributed by atoms with van der Waals surface area (Å²) in [7, 11) is 0. The fraction of sp³-hybridized carbons (Fsp3) is 0. The van der Waals surface area contributed by atoms with E-state index in [1.165, 1.54) is 42.5 Å². The minimum Gasteiger partial charge on any atom is 0 e. The van der Waals surface area contributed by atoms with E-state index in [1.54, 1.807) is 0 Å². The van der Waals surface area contributed by atoms with E-state index in [2.05, 4.69) is 0 Å². The van der Waals surface area contributed by atoms with E-state index in [-0.39, 0.29) is 44.8 Å². The first-order valence-corrected chi connectivity index (χ1v) is 11.1. The molecule has 0 saturated heterocycles. The molecule has 0 atom stereocenters. The zero-order valence-electron chi connectivity index (χ0n) is 2.00. The Morgan fingerprint density at radius 2 is 1.25 bits per heavy atom. The van der Waals surface area contributed by atoms with E-state index in [0.29, 0.717) is 0 Å². The molecule has 0 aromatic rings. The monoisotopic (exact) mass is 247 g/mol. The van der Waals surface area contributed by atoms with Gasteiger partial charge in [-0.05, 0) is 0 Å². The second-order valence-electron chi connectivity index (χ2n) is 0. The van der Waals surface area contributed by atoms with Crippen LogP contribution in [0.3, 0.4) is 0 Å². The first-order valence-electron chi connectivity index (χ1n) is 0.500. The van der Waals surface area contributed by atoms with Crippen LogP contribution in [0.1, 0.15) is 0 Å². The summed E-state index contributed by atoms with van der Waals surface area (Å²) in [6.45, 7) is 0. The average Bonchev–Trinajstić information content (AvgIpc) is 1.00. The molecular weight excluding hydrogens is 244 g/mol. The van der Waals surface area contributed by atoms with E-state index in [0.717, 1.165) is 0 Å². The Morgan fingerprint density at radius 1 is 1.25 bits per heavy atom. The zero-order valence-corrected chi connectivity index (χ0v) is 8.77. The molecule has 0 aliphatic carbocycles. The molecule has 0 aromatic carbocycles. The summed E-state index contributed by atoms with van der Waals surface area (Å²) in [6.07, 6.45) is 0. The van der Waals surface area contributed by atoms with Crippen molar-refractivity contribution in [1.82, 2.24) is 0 Å². The predicted molar refractivity (Wildman–Crippen MR) is 18.5 cm³/mol. The van der Waals surface area contributed by atoms with Crippen LogP contribution < -0.4 is 0 Å². The van der Waals surface area contributed by atoms with Crippen LogP contribution in [-0.4, -0.2) is 27.9 Å². The van der Waals surface area contributed by atoms with E-state index >= 15 is 0 Å². The molecule has 0 aliphatic rings. The summed E-state index contributed by atoms with van der Waals surface area (Å²) >= 11 is 1.44. The predicted octanol–water partition coefficient (Wildman–Crippen LogP) is -2.10. The molecule has 4 heteroatoms. The quantitative estimate of drug-likeness (QED) is 0.432. The van der Waals surface area contributed by atoms with Crippen LogP contribution in [-0.2, 0) is 21.7 Å². The van der Waals surface area contributed by atoms with Gasteiger partial charge in [0, 0.05) is 21.7 Å². The van der Waals surface area contributed by atoms with Crippen molar-refractivity contribution < 1.29 is 59.4 Å². The molecule has 19 valence electrons. The first kappa shape index (κ1) is 15.7. The van der Waals surface area contributed by atoms with Gasteiger partial charge in [-0.2, -0.15) is 0 Å². The van der Waals surface area contributed by atoms with E-state index in [1.807, 2.05) is 0 Å². The second kappa shape index (κ2) is 16.6. The van der Waals surface area contributed by atoms with Gasteiger partial charge in [0.1, 0.15) is 0 Å². The van der Waals surface area contributed by atoms with Crippen molar-refractivity contribution in [2.24, 2.45) is 0 Å². The summed E-state index contributed by atoms with van der Waals surface area (Å²) in [4.78, 5) is 1.44. The molecule has 4 heavy (non-hydrogen) atoms. The van der Waals surface area contributed by atoms with E-state index in [9.17, 15) is 0 Å². The molecule has 0 aliphatic heterocycles. The normalized spacial score (nSPS) is 1.75. The Morgan fingerprint density at radius 3 is 1.25 bits per heavy atom. The summed E-state index contributed by atoms with van der Waals surface area (Å²) in [5.41, 5.74) is 0. The van der Waals surface area contributed by atoms with Gasteiger partial charge in [0.25, 0.3) is 0 Å². The number of hydrogen-bond acceptors (Lipinski definition) is 0. The molecule has 0 heterocycles. The van der Waals surface area contributed by atoms with E-state index < -0.39 is 0 Å². The molecule has 0 spiro atoms. The van der Waals surface area contributed by atoms with Crippen LogP contribution in [0.15, 0.2) is 0 Å². The first-order chi connectivity index (χ1) is 1.00. The van der Waals surface area contributed by atoms with Crippen LogP contribution >= 0.6 is 0 Å². The van der Waals surface area contributed by atoms with Crippen molar-refractivity contribution in [3.8, 4) is 0 Å². The Labute approximate surface area is 85.1 Å². The smallest absolute Gasteiger partial charge is 0 e. The van der Waals surface area contributed by atoms with Crippen molar-refractivity contribution in [2.45, 2.75) is 0 Å². The van der Waals surface area contributed by atoms with Crippen molar-refractivity contribution in [2.75, 3.05) is 0 Å². The molecule has 0 radical (unpaired) electrons. The third-order valence-corrected chi connectivity index (χ3v) is 0. The largest absolute Gasteiger partial charge is 0 e. The summed E-state index contributed by atoms with van der Waals surface area (Å²) in [5, 5.41) is 0. The fourth-order valence-corrected chi connectivity index (χ4v) is 0. The minimum atomic E-state index is 0. The van der Waals surface area contributed by atoms with Gasteiger partial charge in [0.15, 0.2) is 0 Å². The van der Waals surface area contributed by atoms with Crippen LogP contribution in [0.2, 0.25) is 0 Å². The average molecular weight is 250 g/mol. The maximum absolute atomic E-state index is 1.44. The topological polar surface area (TPSA) is 0 Å². The van der Waals surface area contributed by atoms with Crippen molar-refractivity contribution in [3.05, 3.63) is 0 Å². The Balaban J connectivity index is -0.00000000500. The van der Waals surface area contributed by atoms with Gasteiger partial charge in [-0.3, -0.25) is 0 Å². The standard InChI is InChI=1S/Mg.Nd.H3Si.Ti.2H/h;;1H3;;;. The zero-order chi connectivity index (χ0) is 2.00. The van der Waals surface area contributed by atoms with Gasteiger partial charge >= 0.3 is 65.5 Å². The van der Waals surface area contributed by atoms with Gasteiger partial charge in [-0.25, -0.2) is 0 Å². The number of hydrogen-bond donors (Lipinski definition) is 0. The van der Waals surface area contributed by atoms with Gasteiger partial charge < -0.3 is 0 Å². The second-order valence-corrected chi connectivity index (χ2v) is 0. The van der Waals surface area contributed by atoms with Gasteiger partial charge in [0.2, 0.25) is 0 Å². The third kappa shape index (κ3) is 8.90. The molecular formula is H5MgNdSiTi. The maximum Gasteiger partial charge on any atom is 0 e. The van der Waals surface area contributed by atoms with Gasteiger partial charge in [-0.1, -0.05) is 0 Å². The van der Waals surface area contributed by atoms with Crippen LogP contribution in [0.25, 0.3) is 0 Å². The molecule has 0 rings (SSSR count). The molecule has 0 unspecified atom stereocenters. The van der Waals surface area contributed by atoms with Crippen molar-refractivity contribution >= 4 is 27.9 Å².